The van der Waals surface area contributed by atoms with Gasteiger partial charge in [-0.15, -0.1) is 0 Å². The van der Waals surface area contributed by atoms with Gasteiger partial charge in [0.05, 0.1) is 0 Å². The second-order valence-electron chi connectivity index (χ2n) is 2.08. The van der Waals surface area contributed by atoms with Gasteiger partial charge in [0.1, 0.15) is 0 Å². The van der Waals surface area contributed by atoms with Crippen molar-refractivity contribution in [2.75, 3.05) is 6.54 Å². The minimum Gasteiger partial charge on any atom is -0.504 e. The van der Waals surface area contributed by atoms with E-state index in [0.717, 1.165) is 0 Å². The van der Waals surface area contributed by atoms with Gasteiger partial charge in [-0.3, -0.25) is 0 Å². The summed E-state index contributed by atoms with van der Waals surface area (Å²) in [6.07, 6.45) is -1.68. The van der Waals surface area contributed by atoms with Crippen LogP contribution in [0.15, 0.2) is 18.2 Å². The van der Waals surface area contributed by atoms with Crippen LogP contribution in [-0.2, 0) is 6.37 Å². The van der Waals surface area contributed by atoms with Gasteiger partial charge in [0.25, 0.3) is 0 Å². The summed E-state index contributed by atoms with van der Waals surface area (Å²) in [4.78, 5) is 0. The van der Waals surface area contributed by atoms with Crippen LogP contribution in [0, 0.1) is 0 Å². The predicted octanol–water partition coefficient (Wildman–Crippen LogP) is 0.599. The van der Waals surface area contributed by atoms with Crippen LogP contribution in [0.3, 0.4) is 0 Å². The van der Waals surface area contributed by atoms with Crippen molar-refractivity contribution >= 4 is 0 Å². The van der Waals surface area contributed by atoms with Gasteiger partial charge >= 0.3 is 0 Å². The molecule has 0 spiro atoms. The van der Waals surface area contributed by atoms with Crippen molar-refractivity contribution < 1.29 is 13.0 Å². The molecule has 1 aromatic carbocycles. The molecule has 0 aliphatic rings. The number of benzene rings is 1. The van der Waals surface area contributed by atoms with Crippen molar-refractivity contribution in [2.24, 2.45) is 5.73 Å². The molecule has 1 rings (SSSR count). The zero-order chi connectivity index (χ0) is 10.1. The summed E-state index contributed by atoms with van der Waals surface area (Å²) in [6.45, 7) is -0.169. The molecule has 0 bridgehead atoms. The lowest BCUT2D eigenvalue weighted by molar-refractivity contribution is 0.403. The molecule has 0 saturated carbocycles. The van der Waals surface area contributed by atoms with E-state index in [1.54, 1.807) is 0 Å². The average molecular weight is 155 g/mol. The molecule has 0 aromatic heterocycles. The van der Waals surface area contributed by atoms with Gasteiger partial charge in [-0.05, 0) is 30.6 Å². The van der Waals surface area contributed by atoms with Crippen LogP contribution in [0.4, 0.5) is 0 Å². The third kappa shape index (κ3) is 1.85. The van der Waals surface area contributed by atoms with Crippen molar-refractivity contribution in [3.05, 3.63) is 23.8 Å². The minimum absolute atomic E-state index is 0.169. The molecular formula is C8H11NO2. The van der Waals surface area contributed by atoms with Crippen molar-refractivity contribution in [3.63, 3.8) is 0 Å². The zero-order valence-corrected chi connectivity index (χ0v) is 5.91. The molecule has 0 aliphatic carbocycles. The fourth-order valence-electron chi connectivity index (χ4n) is 0.751. The predicted molar refractivity (Wildman–Crippen MR) is 42.5 cm³/mol. The molecule has 0 unspecified atom stereocenters. The van der Waals surface area contributed by atoms with E-state index in [0.29, 0.717) is 0 Å². The van der Waals surface area contributed by atoms with Gasteiger partial charge in [0.15, 0.2) is 11.5 Å². The summed E-state index contributed by atoms with van der Waals surface area (Å²) >= 11 is 0. The highest BCUT2D eigenvalue weighted by molar-refractivity contribution is 5.40. The van der Waals surface area contributed by atoms with Crippen LogP contribution in [0.2, 0.25) is 0 Å². The molecule has 60 valence electrons. The summed E-state index contributed by atoms with van der Waals surface area (Å²) in [7, 11) is 0. The van der Waals surface area contributed by atoms with E-state index in [9.17, 15) is 0 Å². The van der Waals surface area contributed by atoms with Gasteiger partial charge in [-0.25, -0.2) is 0 Å². The first-order chi connectivity index (χ1) is 5.97. The Bertz CT molecular complexity index is 315. The van der Waals surface area contributed by atoms with E-state index < -0.39 is 6.37 Å². The Morgan fingerprint density at radius 3 is 2.64 bits per heavy atom. The Labute approximate surface area is 67.9 Å². The number of hydrogen-bond donors (Lipinski definition) is 3. The van der Waals surface area contributed by atoms with Gasteiger partial charge in [0, 0.05) is 2.74 Å². The number of hydrogen-bond acceptors (Lipinski definition) is 3. The van der Waals surface area contributed by atoms with Crippen LogP contribution >= 0.6 is 0 Å². The van der Waals surface area contributed by atoms with E-state index in [1.165, 1.54) is 18.2 Å². The number of nitrogens with two attached hydrogens (primary N) is 1. The second kappa shape index (κ2) is 3.25. The number of aromatic hydroxyl groups is 2. The smallest absolute Gasteiger partial charge is 0.157 e. The number of phenols is 2. The summed E-state index contributed by atoms with van der Waals surface area (Å²) in [5.41, 5.74) is 5.46. The average Bonchev–Trinajstić information content (AvgIpc) is 2.09. The van der Waals surface area contributed by atoms with Crippen molar-refractivity contribution in [1.29, 1.82) is 0 Å². The highest BCUT2D eigenvalue weighted by Crippen LogP contribution is 2.24. The zero-order valence-electron chi connectivity index (χ0n) is 7.91. The standard InChI is InChI=1S/C8H11NO2/c9-4-3-6-1-2-7(10)8(11)5-6/h1-2,5,10-11H,3-4,9H2/i3D2. The van der Waals surface area contributed by atoms with Crippen LogP contribution in [0.5, 0.6) is 11.5 Å². The first kappa shape index (κ1) is 5.43. The van der Waals surface area contributed by atoms with E-state index in [-0.39, 0.29) is 23.6 Å². The molecule has 3 heteroatoms. The summed E-state index contributed by atoms with van der Waals surface area (Å²) < 4.78 is 14.9. The number of rotatable bonds is 2. The molecule has 0 heterocycles. The monoisotopic (exact) mass is 155 g/mol. The molecule has 0 saturated heterocycles. The van der Waals surface area contributed by atoms with Gasteiger partial charge < -0.3 is 15.9 Å². The first-order valence-electron chi connectivity index (χ1n) is 4.20. The second-order valence-corrected chi connectivity index (χ2v) is 2.08. The Hall–Kier alpha value is -1.22. The van der Waals surface area contributed by atoms with E-state index in [2.05, 4.69) is 0 Å². The molecule has 3 nitrogen and oxygen atoms in total. The van der Waals surface area contributed by atoms with E-state index >= 15 is 0 Å². The lowest BCUT2D eigenvalue weighted by atomic mass is 10.1. The van der Waals surface area contributed by atoms with Gasteiger partial charge in [-0.1, -0.05) is 6.07 Å². The molecule has 0 aliphatic heterocycles. The largest absolute Gasteiger partial charge is 0.504 e. The first-order valence-corrected chi connectivity index (χ1v) is 3.20. The topological polar surface area (TPSA) is 66.5 Å². The van der Waals surface area contributed by atoms with Crippen molar-refractivity contribution in [2.45, 2.75) is 6.37 Å². The third-order valence-corrected chi connectivity index (χ3v) is 1.28. The fourth-order valence-corrected chi connectivity index (χ4v) is 0.751. The fraction of sp³-hybridized carbons (Fsp3) is 0.250. The number of phenolic OH excluding ortho intramolecular Hbond substituents is 2. The molecule has 0 atom stereocenters. The van der Waals surface area contributed by atoms with Crippen LogP contribution in [-0.4, -0.2) is 16.8 Å². The van der Waals surface area contributed by atoms with Gasteiger partial charge in [-0.2, -0.15) is 0 Å². The van der Waals surface area contributed by atoms with Crippen LogP contribution in [0.25, 0.3) is 0 Å². The van der Waals surface area contributed by atoms with Crippen LogP contribution < -0.4 is 5.73 Å². The van der Waals surface area contributed by atoms with E-state index in [4.69, 9.17) is 18.7 Å². The highest BCUT2D eigenvalue weighted by Gasteiger charge is 1.98. The Kier molecular flexibility index (Phi) is 1.61. The van der Waals surface area contributed by atoms with Crippen molar-refractivity contribution in [1.82, 2.24) is 0 Å². The normalized spacial score (nSPS) is 13.9. The molecule has 0 radical (unpaired) electrons. The maximum absolute atomic E-state index is 9.10. The Balaban J connectivity index is 3.10. The molecule has 0 amide bonds. The van der Waals surface area contributed by atoms with Crippen LogP contribution in [0.1, 0.15) is 8.30 Å². The third-order valence-electron chi connectivity index (χ3n) is 1.28. The Morgan fingerprint density at radius 1 is 1.36 bits per heavy atom. The highest BCUT2D eigenvalue weighted by atomic mass is 16.3. The maximum Gasteiger partial charge on any atom is 0.157 e. The maximum atomic E-state index is 9.10. The van der Waals surface area contributed by atoms with Gasteiger partial charge in [0.2, 0.25) is 0 Å². The minimum atomic E-state index is -1.68. The van der Waals surface area contributed by atoms with Crippen molar-refractivity contribution in [3.8, 4) is 11.5 Å². The Morgan fingerprint density at radius 2 is 2.09 bits per heavy atom. The quantitative estimate of drug-likeness (QED) is 0.548. The van der Waals surface area contributed by atoms with E-state index in [1.807, 2.05) is 0 Å². The molecule has 1 aromatic rings. The SMILES string of the molecule is [2H]C([2H])(CN)c1ccc(O)c(O)c1. The molecule has 4 N–H and O–H groups in total. The lowest BCUT2D eigenvalue weighted by Crippen LogP contribution is -2.02. The summed E-state index contributed by atoms with van der Waals surface area (Å²) in [6, 6.07) is 3.79. The molecular weight excluding hydrogens is 142 g/mol. The summed E-state index contributed by atoms with van der Waals surface area (Å²) in [5, 5.41) is 18.1. The lowest BCUT2D eigenvalue weighted by Gasteiger charge is -2.00. The molecule has 0 fully saturated rings. The molecule has 11 heavy (non-hydrogen) atoms. The summed E-state index contributed by atoms with van der Waals surface area (Å²) in [5.74, 6) is -0.605.